The fraction of sp³-hybridized carbons (Fsp3) is 0.556. The molecule has 2 amide bonds. The molecule has 0 spiro atoms. The summed E-state index contributed by atoms with van der Waals surface area (Å²) in [6.45, 7) is 9.45. The second-order valence-corrected chi connectivity index (χ2v) is 7.23. The molecule has 0 bridgehead atoms. The van der Waals surface area contributed by atoms with Crippen LogP contribution in [0.1, 0.15) is 36.7 Å². The average Bonchev–Trinajstić information content (AvgIpc) is 2.52. The van der Waals surface area contributed by atoms with E-state index in [2.05, 4.69) is 17.3 Å². The first-order chi connectivity index (χ1) is 10.8. The summed E-state index contributed by atoms with van der Waals surface area (Å²) in [5.74, 6) is 0.0791. The van der Waals surface area contributed by atoms with Crippen LogP contribution in [0.5, 0.6) is 0 Å². The van der Waals surface area contributed by atoms with E-state index < -0.39 is 5.41 Å². The Labute approximate surface area is 138 Å². The molecule has 1 aliphatic rings. The second kappa shape index (κ2) is 7.13. The van der Waals surface area contributed by atoms with E-state index in [-0.39, 0.29) is 11.8 Å². The Balaban J connectivity index is 1.99. The Morgan fingerprint density at radius 2 is 1.78 bits per heavy atom. The van der Waals surface area contributed by atoms with E-state index in [1.165, 1.54) is 0 Å². The number of piperazine rings is 1. The van der Waals surface area contributed by atoms with E-state index in [1.807, 2.05) is 49.9 Å². The van der Waals surface area contributed by atoms with Gasteiger partial charge < -0.3 is 15.1 Å². The third-order valence-corrected chi connectivity index (χ3v) is 4.10. The number of amides is 2. The van der Waals surface area contributed by atoms with E-state index in [0.29, 0.717) is 12.1 Å². The van der Waals surface area contributed by atoms with E-state index in [9.17, 15) is 9.59 Å². The Hall–Kier alpha value is -1.88. The van der Waals surface area contributed by atoms with Crippen molar-refractivity contribution >= 4 is 11.8 Å². The molecule has 1 aliphatic heterocycles. The van der Waals surface area contributed by atoms with Gasteiger partial charge in [0.1, 0.15) is 0 Å². The predicted octanol–water partition coefficient (Wildman–Crippen LogP) is 1.74. The normalized spacial score (nSPS) is 16.3. The Bertz CT molecular complexity index is 570. The highest BCUT2D eigenvalue weighted by Crippen LogP contribution is 2.14. The molecule has 0 atom stereocenters. The minimum Gasteiger partial charge on any atom is -0.352 e. The number of carbonyl (C=O) groups excluding carboxylic acids is 2. The van der Waals surface area contributed by atoms with Gasteiger partial charge in [0.05, 0.1) is 0 Å². The van der Waals surface area contributed by atoms with Crippen molar-refractivity contribution in [3.63, 3.8) is 0 Å². The van der Waals surface area contributed by atoms with Gasteiger partial charge >= 0.3 is 0 Å². The van der Waals surface area contributed by atoms with Crippen LogP contribution in [-0.2, 0) is 11.3 Å². The summed E-state index contributed by atoms with van der Waals surface area (Å²) in [5.41, 5.74) is 1.23. The SMILES string of the molecule is CN1CCN(C(=O)c2cccc(CNC(=O)C(C)(C)C)c2)CC1. The fourth-order valence-electron chi connectivity index (χ4n) is 2.45. The number of hydrogen-bond acceptors (Lipinski definition) is 3. The molecule has 5 nitrogen and oxygen atoms in total. The number of likely N-dealkylation sites (N-methyl/N-ethyl adjacent to an activating group) is 1. The fourth-order valence-corrected chi connectivity index (χ4v) is 2.45. The zero-order valence-electron chi connectivity index (χ0n) is 14.6. The van der Waals surface area contributed by atoms with Gasteiger partial charge in [0.25, 0.3) is 5.91 Å². The molecule has 5 heteroatoms. The number of nitrogens with zero attached hydrogens (tertiary/aromatic N) is 2. The van der Waals surface area contributed by atoms with Gasteiger partial charge in [0, 0.05) is 43.7 Å². The van der Waals surface area contributed by atoms with Crippen LogP contribution in [0.2, 0.25) is 0 Å². The molecular formula is C18H27N3O2. The van der Waals surface area contributed by atoms with Crippen LogP contribution in [-0.4, -0.2) is 54.8 Å². The highest BCUT2D eigenvalue weighted by Gasteiger charge is 2.22. The predicted molar refractivity (Wildman–Crippen MR) is 91.1 cm³/mol. The van der Waals surface area contributed by atoms with Gasteiger partial charge in [0.15, 0.2) is 0 Å². The number of hydrogen-bond donors (Lipinski definition) is 1. The van der Waals surface area contributed by atoms with Crippen LogP contribution in [0.3, 0.4) is 0 Å². The largest absolute Gasteiger partial charge is 0.352 e. The third-order valence-electron chi connectivity index (χ3n) is 4.10. The van der Waals surface area contributed by atoms with Crippen LogP contribution >= 0.6 is 0 Å². The van der Waals surface area contributed by atoms with Gasteiger partial charge in [-0.25, -0.2) is 0 Å². The Morgan fingerprint density at radius 3 is 2.39 bits per heavy atom. The van der Waals surface area contributed by atoms with Crippen molar-refractivity contribution in [1.82, 2.24) is 15.1 Å². The molecule has 23 heavy (non-hydrogen) atoms. The highest BCUT2D eigenvalue weighted by molar-refractivity contribution is 5.94. The minimum atomic E-state index is -0.409. The molecule has 0 saturated carbocycles. The molecule has 126 valence electrons. The molecule has 1 aromatic carbocycles. The lowest BCUT2D eigenvalue weighted by Crippen LogP contribution is -2.47. The molecule has 0 unspecified atom stereocenters. The lowest BCUT2D eigenvalue weighted by molar-refractivity contribution is -0.128. The van der Waals surface area contributed by atoms with Gasteiger partial charge in [-0.3, -0.25) is 9.59 Å². The third kappa shape index (κ3) is 4.79. The minimum absolute atomic E-state index is 0.00768. The van der Waals surface area contributed by atoms with E-state index >= 15 is 0 Å². The summed E-state index contributed by atoms with van der Waals surface area (Å²) in [6.07, 6.45) is 0. The van der Waals surface area contributed by atoms with Crippen LogP contribution in [0.15, 0.2) is 24.3 Å². The quantitative estimate of drug-likeness (QED) is 0.924. The second-order valence-electron chi connectivity index (χ2n) is 7.23. The molecule has 1 heterocycles. The monoisotopic (exact) mass is 317 g/mol. The van der Waals surface area contributed by atoms with Gasteiger partial charge in [-0.1, -0.05) is 32.9 Å². The lowest BCUT2D eigenvalue weighted by Gasteiger charge is -2.32. The van der Waals surface area contributed by atoms with Crippen molar-refractivity contribution < 1.29 is 9.59 Å². The summed E-state index contributed by atoms with van der Waals surface area (Å²) >= 11 is 0. The molecule has 2 rings (SSSR count). The van der Waals surface area contributed by atoms with Crippen LogP contribution in [0.4, 0.5) is 0 Å². The van der Waals surface area contributed by atoms with E-state index in [4.69, 9.17) is 0 Å². The zero-order chi connectivity index (χ0) is 17.0. The average molecular weight is 317 g/mol. The van der Waals surface area contributed by atoms with Gasteiger partial charge in [-0.05, 0) is 24.7 Å². The number of nitrogens with one attached hydrogen (secondary N) is 1. The van der Waals surface area contributed by atoms with Crippen LogP contribution < -0.4 is 5.32 Å². The van der Waals surface area contributed by atoms with Crippen LogP contribution in [0, 0.1) is 5.41 Å². The van der Waals surface area contributed by atoms with Crippen LogP contribution in [0.25, 0.3) is 0 Å². The Morgan fingerprint density at radius 1 is 1.13 bits per heavy atom. The number of rotatable bonds is 3. The van der Waals surface area contributed by atoms with E-state index in [1.54, 1.807) is 0 Å². The van der Waals surface area contributed by atoms with E-state index in [0.717, 1.165) is 31.7 Å². The van der Waals surface area contributed by atoms with Crippen molar-refractivity contribution in [1.29, 1.82) is 0 Å². The smallest absolute Gasteiger partial charge is 0.253 e. The summed E-state index contributed by atoms with van der Waals surface area (Å²) < 4.78 is 0. The lowest BCUT2D eigenvalue weighted by atomic mass is 9.95. The summed E-state index contributed by atoms with van der Waals surface area (Å²) in [6, 6.07) is 7.53. The highest BCUT2D eigenvalue weighted by atomic mass is 16.2. The first-order valence-electron chi connectivity index (χ1n) is 8.12. The molecule has 0 aliphatic carbocycles. The number of benzene rings is 1. The molecule has 1 aromatic rings. The molecule has 0 aromatic heterocycles. The van der Waals surface area contributed by atoms with Gasteiger partial charge in [-0.2, -0.15) is 0 Å². The maximum atomic E-state index is 12.6. The van der Waals surface area contributed by atoms with Gasteiger partial charge in [-0.15, -0.1) is 0 Å². The van der Waals surface area contributed by atoms with Crippen molar-refractivity contribution in [2.75, 3.05) is 33.2 Å². The van der Waals surface area contributed by atoms with Gasteiger partial charge in [0.2, 0.25) is 5.91 Å². The van der Waals surface area contributed by atoms with Crippen molar-refractivity contribution in [2.45, 2.75) is 27.3 Å². The topological polar surface area (TPSA) is 52.6 Å². The first kappa shape index (κ1) is 17.5. The Kier molecular flexibility index (Phi) is 5.42. The molecule has 1 N–H and O–H groups in total. The maximum Gasteiger partial charge on any atom is 0.253 e. The summed E-state index contributed by atoms with van der Waals surface area (Å²) in [7, 11) is 2.07. The van der Waals surface area contributed by atoms with Crippen molar-refractivity contribution in [3.05, 3.63) is 35.4 Å². The molecule has 1 saturated heterocycles. The standard InChI is InChI=1S/C18H27N3O2/c1-18(2,3)17(23)19-13-14-6-5-7-15(12-14)16(22)21-10-8-20(4)9-11-21/h5-7,12H,8-11,13H2,1-4H3,(H,19,23). The molecule has 0 radical (unpaired) electrons. The number of carbonyl (C=O) groups is 2. The first-order valence-corrected chi connectivity index (χ1v) is 8.12. The zero-order valence-corrected chi connectivity index (χ0v) is 14.6. The van der Waals surface area contributed by atoms with Crippen molar-refractivity contribution in [3.8, 4) is 0 Å². The summed E-state index contributed by atoms with van der Waals surface area (Å²) in [5, 5.41) is 2.92. The molecular weight excluding hydrogens is 290 g/mol. The maximum absolute atomic E-state index is 12.6. The van der Waals surface area contributed by atoms with Crippen molar-refractivity contribution in [2.24, 2.45) is 5.41 Å². The molecule has 1 fully saturated rings. The summed E-state index contributed by atoms with van der Waals surface area (Å²) in [4.78, 5) is 28.6.